The molecule has 0 fully saturated rings. The van der Waals surface area contributed by atoms with Gasteiger partial charge in [-0.1, -0.05) is 12.1 Å². The van der Waals surface area contributed by atoms with E-state index in [1.165, 1.54) is 24.3 Å². The zero-order chi connectivity index (χ0) is 21.6. The maximum atomic E-state index is 9.96. The van der Waals surface area contributed by atoms with Gasteiger partial charge in [0, 0.05) is 5.69 Å². The van der Waals surface area contributed by atoms with Crippen LogP contribution in [-0.2, 0) is 0 Å². The molecule has 29 heavy (non-hydrogen) atoms. The summed E-state index contributed by atoms with van der Waals surface area (Å²) in [7, 11) is 0. The lowest BCUT2D eigenvalue weighted by atomic mass is 10.0. The van der Waals surface area contributed by atoms with Crippen molar-refractivity contribution in [2.75, 3.05) is 5.32 Å². The zero-order valence-corrected chi connectivity index (χ0v) is 14.3. The molecule has 3 aromatic rings. The van der Waals surface area contributed by atoms with Crippen LogP contribution >= 0.6 is 0 Å². The summed E-state index contributed by atoms with van der Waals surface area (Å²) in [6, 6.07) is 5.21. The molecule has 3 rings (SSSR count). The fourth-order valence-corrected chi connectivity index (χ4v) is 2.63. The largest absolute Gasteiger partial charge is 0.504 e. The monoisotopic (exact) mass is 405 g/mol. The molecule has 11 nitrogen and oxygen atoms in total. The van der Waals surface area contributed by atoms with Gasteiger partial charge in [0.2, 0.25) is 34.5 Å². The van der Waals surface area contributed by atoms with E-state index in [1.807, 2.05) is 0 Å². The Morgan fingerprint density at radius 2 is 0.759 bits per heavy atom. The Labute approximate surface area is 161 Å². The number of hydrogen-bond donors (Lipinski definition) is 11. The third kappa shape index (κ3) is 2.86. The predicted octanol–water partition coefficient (Wildman–Crippen LogP) is 2.15. The standard InChI is InChI=1S/C18H15NO10/c20-9-7(10(21)14(25)17(28)13(9)24)5-1-3-6(4-2-5)19-8-11(22)15(26)18(29)16(27)12(8)23/h1-4,19-29H. The van der Waals surface area contributed by atoms with Crippen molar-refractivity contribution < 1.29 is 51.1 Å². The van der Waals surface area contributed by atoms with Gasteiger partial charge in [0.15, 0.2) is 23.0 Å². The van der Waals surface area contributed by atoms with E-state index in [0.29, 0.717) is 0 Å². The van der Waals surface area contributed by atoms with Crippen molar-refractivity contribution in [3.63, 3.8) is 0 Å². The highest BCUT2D eigenvalue weighted by Gasteiger charge is 2.25. The number of benzene rings is 3. The second kappa shape index (κ2) is 6.56. The average Bonchev–Trinajstić information content (AvgIpc) is 2.72. The number of rotatable bonds is 3. The molecule has 3 aromatic carbocycles. The number of phenols is 10. The summed E-state index contributed by atoms with van der Waals surface area (Å²) in [5.74, 6) is -10.1. The first kappa shape index (κ1) is 19.2. The summed E-state index contributed by atoms with van der Waals surface area (Å²) >= 11 is 0. The molecule has 11 heteroatoms. The number of hydrogen-bond acceptors (Lipinski definition) is 11. The first-order valence-corrected chi connectivity index (χ1v) is 7.81. The minimum absolute atomic E-state index is 0.0981. The molecule has 0 heterocycles. The molecule has 0 aliphatic heterocycles. The summed E-state index contributed by atoms with van der Waals surface area (Å²) in [5, 5.41) is 99.3. The topological polar surface area (TPSA) is 214 Å². The van der Waals surface area contributed by atoms with Crippen LogP contribution in [0.25, 0.3) is 11.1 Å². The highest BCUT2D eigenvalue weighted by atomic mass is 16.4. The van der Waals surface area contributed by atoms with Crippen molar-refractivity contribution >= 4 is 11.4 Å². The lowest BCUT2D eigenvalue weighted by Crippen LogP contribution is -1.93. The van der Waals surface area contributed by atoms with Crippen molar-refractivity contribution in [3.05, 3.63) is 24.3 Å². The number of nitrogens with one attached hydrogen (secondary N) is 1. The smallest absolute Gasteiger partial charge is 0.208 e. The fraction of sp³-hybridized carbons (Fsp3) is 0. The van der Waals surface area contributed by atoms with Gasteiger partial charge in [-0.2, -0.15) is 0 Å². The van der Waals surface area contributed by atoms with E-state index in [-0.39, 0.29) is 16.8 Å². The van der Waals surface area contributed by atoms with Crippen LogP contribution in [0.15, 0.2) is 24.3 Å². The van der Waals surface area contributed by atoms with E-state index >= 15 is 0 Å². The molecule has 0 atom stereocenters. The predicted molar refractivity (Wildman–Crippen MR) is 98.3 cm³/mol. The van der Waals surface area contributed by atoms with Crippen molar-refractivity contribution in [2.24, 2.45) is 0 Å². The van der Waals surface area contributed by atoms with Gasteiger partial charge in [-0.3, -0.25) is 0 Å². The van der Waals surface area contributed by atoms with Crippen molar-refractivity contribution in [3.8, 4) is 68.6 Å². The molecular weight excluding hydrogens is 390 g/mol. The van der Waals surface area contributed by atoms with Gasteiger partial charge in [-0.15, -0.1) is 0 Å². The molecule has 0 bridgehead atoms. The van der Waals surface area contributed by atoms with Crippen LogP contribution in [0.3, 0.4) is 0 Å². The van der Waals surface area contributed by atoms with E-state index in [1.54, 1.807) is 0 Å². The normalized spacial score (nSPS) is 10.8. The lowest BCUT2D eigenvalue weighted by Gasteiger charge is -2.15. The van der Waals surface area contributed by atoms with Crippen LogP contribution in [0.2, 0.25) is 0 Å². The summed E-state index contributed by atoms with van der Waals surface area (Å²) < 4.78 is 0. The van der Waals surface area contributed by atoms with Gasteiger partial charge in [0.05, 0.1) is 5.56 Å². The van der Waals surface area contributed by atoms with E-state index in [4.69, 9.17) is 0 Å². The Kier molecular flexibility index (Phi) is 4.35. The average molecular weight is 405 g/mol. The zero-order valence-electron chi connectivity index (χ0n) is 14.3. The molecule has 11 N–H and O–H groups in total. The van der Waals surface area contributed by atoms with Gasteiger partial charge in [-0.25, -0.2) is 0 Å². The Hall–Kier alpha value is -4.54. The number of anilines is 2. The van der Waals surface area contributed by atoms with Crippen LogP contribution in [0.5, 0.6) is 57.5 Å². The molecular formula is C18H15NO10. The van der Waals surface area contributed by atoms with Crippen molar-refractivity contribution in [1.29, 1.82) is 0 Å². The summed E-state index contributed by atoms with van der Waals surface area (Å²) in [6.07, 6.45) is 0. The molecule has 0 saturated carbocycles. The van der Waals surface area contributed by atoms with Crippen LogP contribution in [0, 0.1) is 0 Å². The Morgan fingerprint density at radius 3 is 1.17 bits per heavy atom. The highest BCUT2D eigenvalue weighted by molar-refractivity contribution is 5.86. The van der Waals surface area contributed by atoms with Gasteiger partial charge in [-0.05, 0) is 17.7 Å². The van der Waals surface area contributed by atoms with Gasteiger partial charge in [0.25, 0.3) is 0 Å². The minimum atomic E-state index is -1.11. The fourth-order valence-electron chi connectivity index (χ4n) is 2.63. The Balaban J connectivity index is 2.02. The van der Waals surface area contributed by atoms with E-state index in [2.05, 4.69) is 5.32 Å². The minimum Gasteiger partial charge on any atom is -0.504 e. The molecule has 0 aromatic heterocycles. The maximum absolute atomic E-state index is 9.96. The Morgan fingerprint density at radius 1 is 0.414 bits per heavy atom. The molecule has 0 spiro atoms. The first-order chi connectivity index (χ1) is 13.6. The molecule has 0 unspecified atom stereocenters. The van der Waals surface area contributed by atoms with E-state index in [0.717, 1.165) is 0 Å². The van der Waals surface area contributed by atoms with Crippen LogP contribution in [0.1, 0.15) is 0 Å². The second-order valence-corrected chi connectivity index (χ2v) is 5.94. The van der Waals surface area contributed by atoms with Gasteiger partial charge in [0.1, 0.15) is 5.69 Å². The number of aromatic hydroxyl groups is 10. The molecule has 0 saturated heterocycles. The SMILES string of the molecule is Oc1c(O)c(O)c(Nc2ccc(-c3c(O)c(O)c(O)c(O)c3O)cc2)c(O)c1O. The third-order valence-electron chi connectivity index (χ3n) is 4.18. The summed E-state index contributed by atoms with van der Waals surface area (Å²) in [4.78, 5) is 0. The highest BCUT2D eigenvalue weighted by Crippen LogP contribution is 2.56. The number of phenolic OH excluding ortho intramolecular Hbond substituents is 10. The molecule has 0 aliphatic carbocycles. The molecule has 0 amide bonds. The van der Waals surface area contributed by atoms with E-state index < -0.39 is 63.2 Å². The first-order valence-electron chi connectivity index (χ1n) is 7.81. The quantitative estimate of drug-likeness (QED) is 0.224. The maximum Gasteiger partial charge on any atom is 0.208 e. The Bertz CT molecular complexity index is 1070. The van der Waals surface area contributed by atoms with Crippen LogP contribution in [-0.4, -0.2) is 51.1 Å². The van der Waals surface area contributed by atoms with Gasteiger partial charge >= 0.3 is 0 Å². The molecule has 0 aliphatic rings. The van der Waals surface area contributed by atoms with Crippen LogP contribution in [0.4, 0.5) is 11.4 Å². The van der Waals surface area contributed by atoms with Crippen molar-refractivity contribution in [1.82, 2.24) is 0 Å². The summed E-state index contributed by atoms with van der Waals surface area (Å²) in [6.45, 7) is 0. The van der Waals surface area contributed by atoms with E-state index in [9.17, 15) is 51.1 Å². The third-order valence-corrected chi connectivity index (χ3v) is 4.18. The van der Waals surface area contributed by atoms with Crippen LogP contribution < -0.4 is 5.32 Å². The second-order valence-electron chi connectivity index (χ2n) is 5.94. The summed E-state index contributed by atoms with van der Waals surface area (Å²) in [5.41, 5.74) is -0.623. The molecule has 0 radical (unpaired) electrons. The van der Waals surface area contributed by atoms with Gasteiger partial charge < -0.3 is 56.4 Å². The van der Waals surface area contributed by atoms with Crippen molar-refractivity contribution in [2.45, 2.75) is 0 Å². The lowest BCUT2D eigenvalue weighted by molar-refractivity contribution is 0.330. The molecule has 152 valence electrons.